The molecule has 6 aromatic rings. The van der Waals surface area contributed by atoms with Crippen molar-refractivity contribution >= 4 is 48.1 Å². The Kier molecular flexibility index (Phi) is 13.6. The van der Waals surface area contributed by atoms with Crippen LogP contribution in [0.4, 0.5) is 0 Å². The Morgan fingerprint density at radius 3 is 1.81 bits per heavy atom. The zero-order valence-electron chi connectivity index (χ0n) is 25.6. The number of benzene rings is 4. The second-order valence-corrected chi connectivity index (χ2v) is 15.9. The number of fused-ring (bicyclic) bond motifs is 2. The van der Waals surface area contributed by atoms with Crippen LogP contribution in [0.25, 0.3) is 43.8 Å². The molecule has 1 aliphatic carbocycles. The molecule has 0 saturated heterocycles. The molecule has 1 fully saturated rings. The van der Waals surface area contributed by atoms with Crippen LogP contribution in [0.3, 0.4) is 0 Å². The monoisotopic (exact) mass is 696 g/mol. The zero-order valence-corrected chi connectivity index (χ0v) is 30.6. The van der Waals surface area contributed by atoms with E-state index in [1.165, 1.54) is 80.6 Å². The van der Waals surface area contributed by atoms with Gasteiger partial charge in [0.05, 0.1) is 0 Å². The van der Waals surface area contributed by atoms with Gasteiger partial charge in [0.15, 0.2) is 0 Å². The van der Waals surface area contributed by atoms with Crippen LogP contribution in [0.1, 0.15) is 48.3 Å². The van der Waals surface area contributed by atoms with E-state index in [9.17, 15) is 0 Å². The van der Waals surface area contributed by atoms with Crippen molar-refractivity contribution in [1.82, 2.24) is 0 Å². The van der Waals surface area contributed by atoms with Gasteiger partial charge in [-0.1, -0.05) is 124 Å². The van der Waals surface area contributed by atoms with E-state index in [-0.39, 0.29) is 0 Å². The molecule has 0 amide bonds. The van der Waals surface area contributed by atoms with E-state index in [1.807, 2.05) is 0 Å². The molecule has 0 spiro atoms. The molecule has 2 radical (unpaired) electrons. The summed E-state index contributed by atoms with van der Waals surface area (Å²) in [7, 11) is 11.0. The number of rotatable bonds is 3. The Labute approximate surface area is 279 Å². The SMILES string of the molecule is C[Si]C.Cc1cc2c(-c3ccccc3)ccc(C)c2[cH-]1.[Cl][Zr+2][Cl].c1ccc(-c2cccc3[cH-]c(C4CCCC4)cc23)cc1. The van der Waals surface area contributed by atoms with E-state index >= 15 is 0 Å². The van der Waals surface area contributed by atoms with Crippen LogP contribution >= 0.6 is 17.0 Å². The van der Waals surface area contributed by atoms with Gasteiger partial charge in [-0.05, 0) is 29.9 Å². The van der Waals surface area contributed by atoms with Crippen LogP contribution in [-0.4, -0.2) is 9.52 Å². The first-order valence-electron chi connectivity index (χ1n) is 15.0. The van der Waals surface area contributed by atoms with Crippen LogP contribution in [0.5, 0.6) is 0 Å². The van der Waals surface area contributed by atoms with Crippen LogP contribution in [0.15, 0.2) is 115 Å². The molecule has 0 atom stereocenters. The molecule has 0 aliphatic heterocycles. The van der Waals surface area contributed by atoms with Gasteiger partial charge in [0.25, 0.3) is 0 Å². The molecule has 43 heavy (non-hydrogen) atoms. The molecule has 4 heteroatoms. The Hall–Kier alpha value is -2.22. The van der Waals surface area contributed by atoms with Crippen molar-refractivity contribution in [1.29, 1.82) is 0 Å². The van der Waals surface area contributed by atoms with Crippen molar-refractivity contribution in [3.63, 3.8) is 0 Å². The summed E-state index contributed by atoms with van der Waals surface area (Å²) in [5.41, 5.74) is 9.57. The first-order valence-corrected chi connectivity index (χ1v) is 23.3. The number of hydrogen-bond acceptors (Lipinski definition) is 0. The molecule has 6 aromatic carbocycles. The third kappa shape index (κ3) is 8.92. The average molecular weight is 699 g/mol. The Balaban J connectivity index is 0.000000168. The third-order valence-electron chi connectivity index (χ3n) is 8.02. The number of halogens is 2. The zero-order chi connectivity index (χ0) is 30.6. The van der Waals surface area contributed by atoms with E-state index in [1.54, 1.807) is 5.56 Å². The molecule has 7 rings (SSSR count). The molecule has 0 unspecified atom stereocenters. The molecule has 0 aromatic heterocycles. The van der Waals surface area contributed by atoms with Crippen molar-refractivity contribution in [2.75, 3.05) is 0 Å². The number of aryl methyl sites for hydroxylation is 2. The van der Waals surface area contributed by atoms with Gasteiger partial charge in [-0.25, -0.2) is 0 Å². The average Bonchev–Trinajstić information content (AvgIpc) is 3.79. The van der Waals surface area contributed by atoms with E-state index in [0.717, 1.165) is 15.4 Å². The van der Waals surface area contributed by atoms with Gasteiger partial charge in [-0.3, -0.25) is 0 Å². The summed E-state index contributed by atoms with van der Waals surface area (Å²) < 4.78 is 0. The molecule has 0 heterocycles. The van der Waals surface area contributed by atoms with Crippen molar-refractivity contribution in [2.45, 2.75) is 58.5 Å². The molecular weight excluding hydrogens is 659 g/mol. The summed E-state index contributed by atoms with van der Waals surface area (Å²) >= 11 is -0.826. The maximum absolute atomic E-state index is 4.93. The van der Waals surface area contributed by atoms with Crippen LogP contribution in [-0.2, 0) is 20.8 Å². The minimum atomic E-state index is -0.826. The van der Waals surface area contributed by atoms with Gasteiger partial charge in [-0.15, -0.1) is 68.6 Å². The second-order valence-electron chi connectivity index (χ2n) is 11.2. The molecule has 0 nitrogen and oxygen atoms in total. The minimum absolute atomic E-state index is 0.797. The molecule has 1 aliphatic rings. The minimum Gasteiger partial charge on any atom is -0.164 e. The van der Waals surface area contributed by atoms with Crippen molar-refractivity contribution in [3.8, 4) is 22.3 Å². The van der Waals surface area contributed by atoms with Gasteiger partial charge < -0.3 is 0 Å². The van der Waals surface area contributed by atoms with Crippen molar-refractivity contribution in [2.24, 2.45) is 0 Å². The van der Waals surface area contributed by atoms with Gasteiger partial charge in [-0.2, -0.15) is 12.1 Å². The summed E-state index contributed by atoms with van der Waals surface area (Å²) in [5.74, 6) is 0.797. The first-order chi connectivity index (χ1) is 21.0. The summed E-state index contributed by atoms with van der Waals surface area (Å²) in [6, 6.07) is 41.9. The predicted molar refractivity (Wildman–Crippen MR) is 190 cm³/mol. The van der Waals surface area contributed by atoms with Gasteiger partial charge >= 0.3 is 37.9 Å². The van der Waals surface area contributed by atoms with E-state index in [2.05, 4.69) is 142 Å². The fourth-order valence-corrected chi connectivity index (χ4v) is 6.08. The third-order valence-corrected chi connectivity index (χ3v) is 8.02. The molecular formula is C39H40Cl2SiZr. The smallest absolute Gasteiger partial charge is 0.0279 e. The Morgan fingerprint density at radius 1 is 0.674 bits per heavy atom. The molecule has 0 bridgehead atoms. The molecule has 0 N–H and O–H groups in total. The van der Waals surface area contributed by atoms with Crippen molar-refractivity contribution in [3.05, 3.63) is 132 Å². The van der Waals surface area contributed by atoms with Crippen LogP contribution < -0.4 is 0 Å². The van der Waals surface area contributed by atoms with Crippen LogP contribution in [0.2, 0.25) is 13.1 Å². The summed E-state index contributed by atoms with van der Waals surface area (Å²) in [5, 5.41) is 5.56. The van der Waals surface area contributed by atoms with Gasteiger partial charge in [0.2, 0.25) is 0 Å². The number of hydrogen-bond donors (Lipinski definition) is 0. The Bertz CT molecular complexity index is 1680. The van der Waals surface area contributed by atoms with Crippen molar-refractivity contribution < 1.29 is 20.8 Å². The topological polar surface area (TPSA) is 0 Å². The fraction of sp³-hybridized carbons (Fsp3) is 0.231. The quantitative estimate of drug-likeness (QED) is 0.127. The van der Waals surface area contributed by atoms with Gasteiger partial charge in [0, 0.05) is 9.52 Å². The summed E-state index contributed by atoms with van der Waals surface area (Å²) in [4.78, 5) is 0. The standard InChI is InChI=1S/C20H19.C17H15.C2H6Si.2ClH.Zr/c1-2-9-16(10-3-1)19-12-6-11-17-13-18(14-20(17)19)15-7-4-5-8-15;1-12-10-16-13(2)8-9-15(17(16)11-12)14-6-4-3-5-7-14;1-3-2;;;/h1-3,6,9-15H,4-5,7-8H2;3-11H,1-2H3;1-2H3;2*1H;/q2*-1;;;;+4/p-2. The maximum atomic E-state index is 4.93. The maximum Gasteiger partial charge on any atom is -0.0279 e. The largest absolute Gasteiger partial charge is 0.164 e. The normalized spacial score (nSPS) is 12.4. The van der Waals surface area contributed by atoms with E-state index in [0.29, 0.717) is 0 Å². The second kappa shape index (κ2) is 17.3. The summed E-state index contributed by atoms with van der Waals surface area (Å²) in [6.07, 6.45) is 5.55. The molecule has 1 saturated carbocycles. The van der Waals surface area contributed by atoms with Gasteiger partial charge in [0.1, 0.15) is 0 Å². The predicted octanol–water partition coefficient (Wildman–Crippen LogP) is 12.9. The fourth-order valence-electron chi connectivity index (χ4n) is 6.08. The van der Waals surface area contributed by atoms with E-state index < -0.39 is 20.8 Å². The van der Waals surface area contributed by atoms with Crippen LogP contribution in [0, 0.1) is 13.8 Å². The molecule has 218 valence electrons. The van der Waals surface area contributed by atoms with E-state index in [4.69, 9.17) is 17.0 Å². The Morgan fingerprint density at radius 2 is 1.23 bits per heavy atom. The summed E-state index contributed by atoms with van der Waals surface area (Å²) in [6.45, 7) is 8.64. The first kappa shape index (κ1) is 33.7.